The Hall–Kier alpha value is -1.93. The van der Waals surface area contributed by atoms with Crippen molar-refractivity contribution >= 4 is 34.4 Å². The maximum absolute atomic E-state index is 12.4. The van der Waals surface area contributed by atoms with Gasteiger partial charge in [0, 0.05) is 41.4 Å². The van der Waals surface area contributed by atoms with Crippen LogP contribution in [0.2, 0.25) is 0 Å². The lowest BCUT2D eigenvalue weighted by atomic mass is 10.0. The van der Waals surface area contributed by atoms with Crippen LogP contribution in [0.25, 0.3) is 0 Å². The number of nitrogens with one attached hydrogen (secondary N) is 1. The Morgan fingerprint density at radius 2 is 1.79 bits per heavy atom. The van der Waals surface area contributed by atoms with Crippen molar-refractivity contribution in [3.63, 3.8) is 0 Å². The highest BCUT2D eigenvalue weighted by Gasteiger charge is 2.29. The molecular weight excluding hydrogens is 465 g/mol. The first-order valence-electron chi connectivity index (χ1n) is 9.72. The lowest BCUT2D eigenvalue weighted by Gasteiger charge is -2.32. The fourth-order valence-corrected chi connectivity index (χ4v) is 4.33. The van der Waals surface area contributed by atoms with Crippen LogP contribution in [0, 0.1) is 3.57 Å². The van der Waals surface area contributed by atoms with Gasteiger partial charge in [0.15, 0.2) is 0 Å². The summed E-state index contributed by atoms with van der Waals surface area (Å²) in [6.45, 7) is 3.57. The summed E-state index contributed by atoms with van der Waals surface area (Å²) in [6.07, 6.45) is 1.90. The van der Waals surface area contributed by atoms with Crippen LogP contribution in [-0.2, 0) is 17.9 Å². The van der Waals surface area contributed by atoms with E-state index in [-0.39, 0.29) is 24.4 Å². The van der Waals surface area contributed by atoms with Crippen LogP contribution in [0.4, 0.5) is 0 Å². The first-order chi connectivity index (χ1) is 13.6. The van der Waals surface area contributed by atoms with E-state index in [1.807, 2.05) is 24.3 Å². The molecule has 2 aliphatic rings. The molecule has 0 spiro atoms. The molecule has 2 aliphatic heterocycles. The number of carbonyl (C=O) groups excluding carboxylic acids is 2. The number of carbonyl (C=O) groups is 2. The molecule has 2 heterocycles. The molecule has 5 nitrogen and oxygen atoms in total. The van der Waals surface area contributed by atoms with Crippen molar-refractivity contribution in [1.29, 1.82) is 0 Å². The van der Waals surface area contributed by atoms with Gasteiger partial charge in [-0.05, 0) is 64.8 Å². The highest BCUT2D eigenvalue weighted by molar-refractivity contribution is 14.1. The Morgan fingerprint density at radius 1 is 1.07 bits per heavy atom. The predicted molar refractivity (Wildman–Crippen MR) is 117 cm³/mol. The topological polar surface area (TPSA) is 52.7 Å². The van der Waals surface area contributed by atoms with Gasteiger partial charge in [-0.25, -0.2) is 0 Å². The summed E-state index contributed by atoms with van der Waals surface area (Å²) in [5.74, 6) is -0.102. The van der Waals surface area contributed by atoms with Crippen LogP contribution in [-0.4, -0.2) is 47.3 Å². The molecule has 0 unspecified atom stereocenters. The second-order valence-corrected chi connectivity index (χ2v) is 8.81. The molecule has 0 atom stereocenters. The average Bonchev–Trinajstić information content (AvgIpc) is 3.01. The quantitative estimate of drug-likeness (QED) is 0.658. The summed E-state index contributed by atoms with van der Waals surface area (Å²) >= 11 is 2.32. The maximum atomic E-state index is 12.4. The minimum atomic E-state index is -0.0581. The fourth-order valence-electron chi connectivity index (χ4n) is 3.97. The number of halogens is 1. The number of likely N-dealkylation sites (tertiary alicyclic amines) is 1. The van der Waals surface area contributed by atoms with Crippen LogP contribution >= 0.6 is 22.6 Å². The number of hydrogen-bond donors (Lipinski definition) is 1. The zero-order valence-electron chi connectivity index (χ0n) is 15.7. The summed E-state index contributed by atoms with van der Waals surface area (Å²) < 4.78 is 1.25. The summed E-state index contributed by atoms with van der Waals surface area (Å²) in [6, 6.07) is 16.4. The smallest absolute Gasteiger partial charge is 0.254 e. The van der Waals surface area contributed by atoms with Crippen molar-refractivity contribution in [2.24, 2.45) is 0 Å². The molecular formula is C22H24IN3O2. The van der Waals surface area contributed by atoms with Crippen molar-refractivity contribution < 1.29 is 9.59 Å². The molecule has 0 aliphatic carbocycles. The monoisotopic (exact) mass is 489 g/mol. The lowest BCUT2D eigenvalue weighted by molar-refractivity contribution is -0.122. The number of hydrogen-bond acceptors (Lipinski definition) is 3. The normalized spacial score (nSPS) is 17.6. The molecule has 2 amide bonds. The van der Waals surface area contributed by atoms with Crippen molar-refractivity contribution in [2.45, 2.75) is 32.0 Å². The number of amides is 2. The van der Waals surface area contributed by atoms with Gasteiger partial charge in [0.25, 0.3) is 5.91 Å². The van der Waals surface area contributed by atoms with Crippen LogP contribution in [0.1, 0.15) is 34.3 Å². The molecule has 0 bridgehead atoms. The number of rotatable bonds is 5. The third-order valence-corrected chi connectivity index (χ3v) is 6.22. The number of fused-ring (bicyclic) bond motifs is 1. The Morgan fingerprint density at radius 3 is 2.50 bits per heavy atom. The molecule has 1 N–H and O–H groups in total. The molecule has 146 valence electrons. The predicted octanol–water partition coefficient (Wildman–Crippen LogP) is 3.03. The first kappa shape index (κ1) is 19.4. The zero-order valence-corrected chi connectivity index (χ0v) is 17.9. The third-order valence-electron chi connectivity index (χ3n) is 5.50. The molecule has 28 heavy (non-hydrogen) atoms. The second-order valence-electron chi connectivity index (χ2n) is 7.56. The zero-order chi connectivity index (χ0) is 19.5. The van der Waals surface area contributed by atoms with Gasteiger partial charge in [-0.2, -0.15) is 0 Å². The third kappa shape index (κ3) is 4.55. The second kappa shape index (κ2) is 8.61. The van der Waals surface area contributed by atoms with Gasteiger partial charge in [-0.15, -0.1) is 0 Å². The van der Waals surface area contributed by atoms with E-state index < -0.39 is 0 Å². The van der Waals surface area contributed by atoms with E-state index in [1.54, 1.807) is 4.90 Å². The van der Waals surface area contributed by atoms with Gasteiger partial charge in [0.05, 0.1) is 0 Å². The van der Waals surface area contributed by atoms with Gasteiger partial charge in [0.2, 0.25) is 5.91 Å². The van der Waals surface area contributed by atoms with E-state index in [0.29, 0.717) is 6.54 Å². The molecule has 2 aromatic rings. The van der Waals surface area contributed by atoms with Crippen LogP contribution in [0.15, 0.2) is 48.5 Å². The summed E-state index contributed by atoms with van der Waals surface area (Å²) in [4.78, 5) is 28.9. The molecule has 0 saturated carbocycles. The number of piperidine rings is 1. The lowest BCUT2D eigenvalue weighted by Crippen LogP contribution is -2.47. The van der Waals surface area contributed by atoms with E-state index >= 15 is 0 Å². The Bertz CT molecular complexity index is 860. The van der Waals surface area contributed by atoms with E-state index in [4.69, 9.17) is 0 Å². The highest BCUT2D eigenvalue weighted by Crippen LogP contribution is 2.22. The number of nitrogens with zero attached hydrogens (tertiary/aromatic N) is 2. The summed E-state index contributed by atoms with van der Waals surface area (Å²) in [7, 11) is 0. The molecule has 1 fully saturated rings. The summed E-state index contributed by atoms with van der Waals surface area (Å²) in [5.41, 5.74) is 3.05. The van der Waals surface area contributed by atoms with Crippen LogP contribution < -0.4 is 5.32 Å². The minimum Gasteiger partial charge on any atom is -0.352 e. The van der Waals surface area contributed by atoms with E-state index in [1.165, 1.54) is 9.13 Å². The highest BCUT2D eigenvalue weighted by atomic mass is 127. The Kier molecular flexibility index (Phi) is 5.96. The van der Waals surface area contributed by atoms with E-state index in [0.717, 1.165) is 43.6 Å². The minimum absolute atomic E-state index is 0.0434. The van der Waals surface area contributed by atoms with Crippen LogP contribution in [0.5, 0.6) is 0 Å². The average molecular weight is 489 g/mol. The number of benzene rings is 2. The van der Waals surface area contributed by atoms with Gasteiger partial charge in [0.1, 0.15) is 6.54 Å². The fraction of sp³-hybridized carbons (Fsp3) is 0.364. The maximum Gasteiger partial charge on any atom is 0.254 e. The van der Waals surface area contributed by atoms with Crippen molar-refractivity contribution in [3.8, 4) is 0 Å². The SMILES string of the molecule is O=C(CN1Cc2ccccc2C1=O)NC1CCN(Cc2ccc(I)cc2)CC1. The van der Waals surface area contributed by atoms with E-state index in [2.05, 4.69) is 57.1 Å². The van der Waals surface area contributed by atoms with Crippen molar-refractivity contribution in [3.05, 3.63) is 68.8 Å². The molecule has 1 saturated heterocycles. The van der Waals surface area contributed by atoms with Crippen molar-refractivity contribution in [2.75, 3.05) is 19.6 Å². The molecule has 0 radical (unpaired) electrons. The standard InChI is InChI=1S/C22H24IN3O2/c23-18-7-5-16(6-8-18)13-25-11-9-19(10-12-25)24-21(27)15-26-14-17-3-1-2-4-20(17)22(26)28/h1-8,19H,9-15H2,(H,24,27). The Balaban J connectivity index is 1.22. The molecule has 0 aromatic heterocycles. The summed E-state index contributed by atoms with van der Waals surface area (Å²) in [5, 5.41) is 3.12. The first-order valence-corrected chi connectivity index (χ1v) is 10.8. The molecule has 2 aromatic carbocycles. The van der Waals surface area contributed by atoms with Crippen LogP contribution in [0.3, 0.4) is 0 Å². The van der Waals surface area contributed by atoms with Gasteiger partial charge >= 0.3 is 0 Å². The Labute approximate surface area is 179 Å². The van der Waals surface area contributed by atoms with Gasteiger partial charge in [-0.1, -0.05) is 30.3 Å². The van der Waals surface area contributed by atoms with Gasteiger partial charge in [-0.3, -0.25) is 14.5 Å². The molecule has 4 rings (SSSR count). The molecule has 6 heteroatoms. The van der Waals surface area contributed by atoms with E-state index in [9.17, 15) is 9.59 Å². The van der Waals surface area contributed by atoms with Gasteiger partial charge < -0.3 is 10.2 Å². The largest absolute Gasteiger partial charge is 0.352 e. The van der Waals surface area contributed by atoms with Crippen molar-refractivity contribution in [1.82, 2.24) is 15.1 Å².